The number of carbonyl (C=O) groups excluding carboxylic acids is 1. The number of pyridine rings is 1. The van der Waals surface area contributed by atoms with Crippen LogP contribution in [0.4, 0.5) is 0 Å². The summed E-state index contributed by atoms with van der Waals surface area (Å²) >= 11 is 0. The van der Waals surface area contributed by atoms with Gasteiger partial charge in [-0.1, -0.05) is 30.3 Å². The van der Waals surface area contributed by atoms with Gasteiger partial charge in [-0.2, -0.15) is 0 Å². The molecule has 0 bridgehead atoms. The fourth-order valence-corrected chi connectivity index (χ4v) is 2.61. The Morgan fingerprint density at radius 2 is 1.96 bits per heavy atom. The molecule has 0 unspecified atom stereocenters. The van der Waals surface area contributed by atoms with Gasteiger partial charge in [-0.05, 0) is 31.5 Å². The summed E-state index contributed by atoms with van der Waals surface area (Å²) in [4.78, 5) is 14.6. The first-order valence-corrected chi connectivity index (χ1v) is 7.77. The lowest BCUT2D eigenvalue weighted by molar-refractivity contribution is 0.0280. The number of rotatable bonds is 5. The topological polar surface area (TPSA) is 70.7 Å². The minimum atomic E-state index is -0.981. The first-order valence-electron chi connectivity index (χ1n) is 7.77. The van der Waals surface area contributed by atoms with E-state index in [1.807, 2.05) is 30.3 Å². The normalized spacial score (nSPS) is 11.6. The molecule has 6 nitrogen and oxygen atoms in total. The van der Waals surface area contributed by atoms with Crippen LogP contribution in [0.15, 0.2) is 55.0 Å². The van der Waals surface area contributed by atoms with Gasteiger partial charge in [0.15, 0.2) is 5.65 Å². The number of nitrogens with zero attached hydrogens (tertiary/aromatic N) is 4. The monoisotopic (exact) mass is 324 g/mol. The molecule has 0 atom stereocenters. The van der Waals surface area contributed by atoms with E-state index in [0.717, 1.165) is 5.56 Å². The van der Waals surface area contributed by atoms with Crippen LogP contribution in [0.1, 0.15) is 29.8 Å². The Kier molecular flexibility index (Phi) is 4.31. The summed E-state index contributed by atoms with van der Waals surface area (Å²) < 4.78 is 1.71. The zero-order chi connectivity index (χ0) is 17.2. The average Bonchev–Trinajstić information content (AvgIpc) is 3.01. The zero-order valence-electron chi connectivity index (χ0n) is 13.8. The van der Waals surface area contributed by atoms with Crippen molar-refractivity contribution in [3.63, 3.8) is 0 Å². The molecule has 0 saturated heterocycles. The molecule has 1 aromatic carbocycles. The largest absolute Gasteiger partial charge is 0.389 e. The SMILES string of the molecule is CC(C)(O)CN(Cc1ccccc1)C(=O)c1ccc2nncn2c1. The zero-order valence-corrected chi connectivity index (χ0v) is 13.8. The molecule has 24 heavy (non-hydrogen) atoms. The lowest BCUT2D eigenvalue weighted by Gasteiger charge is -2.29. The predicted octanol–water partition coefficient (Wildman–Crippen LogP) is 2.14. The quantitative estimate of drug-likeness (QED) is 0.780. The molecule has 0 spiro atoms. The van der Waals surface area contributed by atoms with Crippen molar-refractivity contribution in [2.75, 3.05) is 6.54 Å². The highest BCUT2D eigenvalue weighted by molar-refractivity contribution is 5.94. The van der Waals surface area contributed by atoms with Crippen LogP contribution >= 0.6 is 0 Å². The molecule has 0 radical (unpaired) electrons. The maximum atomic E-state index is 13.0. The van der Waals surface area contributed by atoms with Gasteiger partial charge in [-0.25, -0.2) is 0 Å². The van der Waals surface area contributed by atoms with Crippen molar-refractivity contribution in [2.24, 2.45) is 0 Å². The van der Waals surface area contributed by atoms with E-state index in [4.69, 9.17) is 0 Å². The summed E-state index contributed by atoms with van der Waals surface area (Å²) in [6, 6.07) is 13.2. The summed E-state index contributed by atoms with van der Waals surface area (Å²) in [6.45, 7) is 4.06. The highest BCUT2D eigenvalue weighted by Crippen LogP contribution is 2.15. The Hall–Kier alpha value is -2.73. The lowest BCUT2D eigenvalue weighted by atomic mass is 10.1. The van der Waals surface area contributed by atoms with Crippen LogP contribution in [0.3, 0.4) is 0 Å². The van der Waals surface area contributed by atoms with Crippen LogP contribution in [0, 0.1) is 0 Å². The number of amides is 1. The van der Waals surface area contributed by atoms with E-state index >= 15 is 0 Å². The number of benzene rings is 1. The van der Waals surface area contributed by atoms with Gasteiger partial charge in [-0.3, -0.25) is 9.20 Å². The summed E-state index contributed by atoms with van der Waals surface area (Å²) in [6.07, 6.45) is 3.27. The summed E-state index contributed by atoms with van der Waals surface area (Å²) in [5, 5.41) is 17.9. The molecule has 3 rings (SSSR count). The predicted molar refractivity (Wildman–Crippen MR) is 90.5 cm³/mol. The first kappa shape index (κ1) is 16.1. The second-order valence-electron chi connectivity index (χ2n) is 6.47. The molecular weight excluding hydrogens is 304 g/mol. The number of hydrogen-bond donors (Lipinski definition) is 1. The van der Waals surface area contributed by atoms with E-state index < -0.39 is 5.60 Å². The summed E-state index contributed by atoms with van der Waals surface area (Å²) in [5.41, 5.74) is 1.25. The van der Waals surface area contributed by atoms with E-state index in [0.29, 0.717) is 17.8 Å². The van der Waals surface area contributed by atoms with Gasteiger partial charge in [-0.15, -0.1) is 10.2 Å². The van der Waals surface area contributed by atoms with Gasteiger partial charge >= 0.3 is 0 Å². The van der Waals surface area contributed by atoms with Crippen molar-refractivity contribution in [1.29, 1.82) is 0 Å². The average molecular weight is 324 g/mol. The number of carbonyl (C=O) groups is 1. The molecule has 0 aliphatic carbocycles. The number of fused-ring (bicyclic) bond motifs is 1. The Morgan fingerprint density at radius 3 is 2.67 bits per heavy atom. The molecule has 0 aliphatic rings. The molecule has 0 fully saturated rings. The standard InChI is InChI=1S/C18H20N4O2/c1-18(2,24)12-21(10-14-6-4-3-5-7-14)17(23)15-8-9-16-20-19-13-22(16)11-15/h3-9,11,13,24H,10,12H2,1-2H3. The van der Waals surface area contributed by atoms with Gasteiger partial charge in [0.1, 0.15) is 6.33 Å². The number of aromatic nitrogens is 3. The van der Waals surface area contributed by atoms with Gasteiger partial charge in [0.25, 0.3) is 5.91 Å². The fourth-order valence-electron chi connectivity index (χ4n) is 2.61. The van der Waals surface area contributed by atoms with Crippen molar-refractivity contribution >= 4 is 11.6 Å². The third-order valence-corrected chi connectivity index (χ3v) is 3.62. The second kappa shape index (κ2) is 6.41. The Morgan fingerprint density at radius 1 is 1.21 bits per heavy atom. The molecule has 1 amide bonds. The molecule has 2 aromatic heterocycles. The number of aliphatic hydroxyl groups is 1. The van der Waals surface area contributed by atoms with E-state index in [-0.39, 0.29) is 12.5 Å². The fraction of sp³-hybridized carbons (Fsp3) is 0.278. The third-order valence-electron chi connectivity index (χ3n) is 3.62. The van der Waals surface area contributed by atoms with Crippen molar-refractivity contribution in [2.45, 2.75) is 26.0 Å². The number of hydrogen-bond acceptors (Lipinski definition) is 4. The Labute approximate surface area is 140 Å². The van der Waals surface area contributed by atoms with Crippen LogP contribution in [0.5, 0.6) is 0 Å². The van der Waals surface area contributed by atoms with E-state index in [1.165, 1.54) is 0 Å². The summed E-state index contributed by atoms with van der Waals surface area (Å²) in [5.74, 6) is -0.142. The molecule has 124 valence electrons. The summed E-state index contributed by atoms with van der Waals surface area (Å²) in [7, 11) is 0. The van der Waals surface area contributed by atoms with Crippen molar-refractivity contribution in [1.82, 2.24) is 19.5 Å². The second-order valence-corrected chi connectivity index (χ2v) is 6.47. The van der Waals surface area contributed by atoms with Crippen LogP contribution in [-0.2, 0) is 6.54 Å². The molecule has 2 heterocycles. The van der Waals surface area contributed by atoms with E-state index in [1.54, 1.807) is 47.8 Å². The van der Waals surface area contributed by atoms with Crippen LogP contribution < -0.4 is 0 Å². The molecule has 1 N–H and O–H groups in total. The maximum Gasteiger partial charge on any atom is 0.255 e. The van der Waals surface area contributed by atoms with Crippen molar-refractivity contribution in [3.05, 3.63) is 66.1 Å². The minimum absolute atomic E-state index is 0.142. The smallest absolute Gasteiger partial charge is 0.255 e. The van der Waals surface area contributed by atoms with E-state index in [2.05, 4.69) is 10.2 Å². The Bertz CT molecular complexity index is 837. The molecular formula is C18H20N4O2. The van der Waals surface area contributed by atoms with Crippen LogP contribution in [0.25, 0.3) is 5.65 Å². The van der Waals surface area contributed by atoms with Crippen molar-refractivity contribution < 1.29 is 9.90 Å². The molecule has 6 heteroatoms. The molecule has 3 aromatic rings. The van der Waals surface area contributed by atoms with Gasteiger partial charge in [0.2, 0.25) is 0 Å². The van der Waals surface area contributed by atoms with Crippen LogP contribution in [-0.4, -0.2) is 42.7 Å². The highest BCUT2D eigenvalue weighted by Gasteiger charge is 2.24. The maximum absolute atomic E-state index is 13.0. The molecule has 0 aliphatic heterocycles. The lowest BCUT2D eigenvalue weighted by Crippen LogP contribution is -2.41. The van der Waals surface area contributed by atoms with Gasteiger partial charge in [0, 0.05) is 19.3 Å². The highest BCUT2D eigenvalue weighted by atomic mass is 16.3. The molecule has 0 saturated carbocycles. The van der Waals surface area contributed by atoms with Gasteiger partial charge in [0.05, 0.1) is 11.2 Å². The minimum Gasteiger partial charge on any atom is -0.389 e. The first-order chi connectivity index (χ1) is 11.4. The van der Waals surface area contributed by atoms with Crippen molar-refractivity contribution in [3.8, 4) is 0 Å². The Balaban J connectivity index is 1.89. The van der Waals surface area contributed by atoms with Gasteiger partial charge < -0.3 is 10.0 Å². The third kappa shape index (κ3) is 3.78. The van der Waals surface area contributed by atoms with E-state index in [9.17, 15) is 9.90 Å². The van der Waals surface area contributed by atoms with Crippen LogP contribution in [0.2, 0.25) is 0 Å².